The summed E-state index contributed by atoms with van der Waals surface area (Å²) >= 11 is 0. The van der Waals surface area contributed by atoms with Gasteiger partial charge >= 0.3 is 18.4 Å². The van der Waals surface area contributed by atoms with E-state index in [9.17, 15) is 22.8 Å². The van der Waals surface area contributed by atoms with Crippen molar-refractivity contribution in [2.24, 2.45) is 0 Å². The fourth-order valence-corrected chi connectivity index (χ4v) is 3.90. The van der Waals surface area contributed by atoms with Crippen molar-refractivity contribution in [3.05, 3.63) is 65.7 Å². The van der Waals surface area contributed by atoms with Gasteiger partial charge in [0.15, 0.2) is 0 Å². The molecule has 0 spiro atoms. The second kappa shape index (κ2) is 11.5. The average molecular weight is 508 g/mol. The number of anilines is 1. The van der Waals surface area contributed by atoms with Crippen molar-refractivity contribution in [3.8, 4) is 0 Å². The van der Waals surface area contributed by atoms with E-state index in [1.165, 1.54) is 28.0 Å². The largest absolute Gasteiger partial charge is 0.445 e. The summed E-state index contributed by atoms with van der Waals surface area (Å²) in [6.45, 7) is 6.20. The zero-order valence-corrected chi connectivity index (χ0v) is 20.7. The fourth-order valence-electron chi connectivity index (χ4n) is 3.90. The number of hydrogen-bond acceptors (Lipinski definition) is 5. The minimum Gasteiger partial charge on any atom is -0.445 e. The minimum atomic E-state index is -4.49. The van der Waals surface area contributed by atoms with Crippen molar-refractivity contribution in [1.29, 1.82) is 0 Å². The van der Waals surface area contributed by atoms with Gasteiger partial charge in [-0.3, -0.25) is 0 Å². The molecule has 1 atom stereocenters. The molecule has 0 aliphatic carbocycles. The predicted molar refractivity (Wildman–Crippen MR) is 129 cm³/mol. The number of para-hydroxylation sites is 1. The highest BCUT2D eigenvalue weighted by atomic mass is 19.4. The lowest BCUT2D eigenvalue weighted by Crippen LogP contribution is -2.57. The highest BCUT2D eigenvalue weighted by Crippen LogP contribution is 2.34. The van der Waals surface area contributed by atoms with Crippen molar-refractivity contribution < 1.29 is 32.2 Å². The first-order valence-electron chi connectivity index (χ1n) is 11.8. The molecule has 2 amide bonds. The zero-order chi connectivity index (χ0) is 26.3. The Bertz CT molecular complexity index is 1030. The van der Waals surface area contributed by atoms with Crippen LogP contribution in [0.3, 0.4) is 0 Å². The molecular weight excluding hydrogens is 475 g/mol. The van der Waals surface area contributed by atoms with Gasteiger partial charge in [-0.15, -0.1) is 0 Å². The van der Waals surface area contributed by atoms with Gasteiger partial charge in [-0.25, -0.2) is 9.59 Å². The molecule has 7 nitrogen and oxygen atoms in total. The molecule has 1 heterocycles. The Hall–Kier alpha value is -3.43. The van der Waals surface area contributed by atoms with Gasteiger partial charge in [-0.1, -0.05) is 42.5 Å². The SMILES string of the molecule is CC(C)(C)OC(=O)N1CCN(C(=O)OCc2ccccc2)C[C@H]1CCNc1ccccc1C(F)(F)F. The number of ether oxygens (including phenoxy) is 2. The molecule has 1 aliphatic rings. The number of hydrogen-bond donors (Lipinski definition) is 1. The average Bonchev–Trinajstić information content (AvgIpc) is 2.81. The monoisotopic (exact) mass is 507 g/mol. The Morgan fingerprint density at radius 2 is 1.64 bits per heavy atom. The number of rotatable bonds is 6. The number of piperazine rings is 1. The summed E-state index contributed by atoms with van der Waals surface area (Å²) in [5.74, 6) is 0. The molecule has 10 heteroatoms. The maximum Gasteiger partial charge on any atom is 0.418 e. The third kappa shape index (κ3) is 7.79. The van der Waals surface area contributed by atoms with Gasteiger partial charge < -0.3 is 24.6 Å². The molecule has 0 radical (unpaired) electrons. The fraction of sp³-hybridized carbons (Fsp3) is 0.462. The lowest BCUT2D eigenvalue weighted by Gasteiger charge is -2.41. The van der Waals surface area contributed by atoms with Crippen LogP contribution in [0.5, 0.6) is 0 Å². The smallest absolute Gasteiger partial charge is 0.418 e. The Labute approximate surface area is 209 Å². The lowest BCUT2D eigenvalue weighted by molar-refractivity contribution is -0.137. The van der Waals surface area contributed by atoms with E-state index in [1.54, 1.807) is 20.8 Å². The number of halogens is 3. The van der Waals surface area contributed by atoms with E-state index in [0.29, 0.717) is 6.42 Å². The summed E-state index contributed by atoms with van der Waals surface area (Å²) in [6.07, 6.45) is -5.23. The van der Waals surface area contributed by atoms with E-state index in [1.807, 2.05) is 30.3 Å². The lowest BCUT2D eigenvalue weighted by atomic mass is 10.1. The Morgan fingerprint density at radius 1 is 0.972 bits per heavy atom. The van der Waals surface area contributed by atoms with E-state index < -0.39 is 35.6 Å². The number of amides is 2. The third-order valence-corrected chi connectivity index (χ3v) is 5.60. The molecule has 1 aliphatic heterocycles. The molecule has 0 bridgehead atoms. The summed E-state index contributed by atoms with van der Waals surface area (Å²) in [6, 6.07) is 14.0. The molecule has 36 heavy (non-hydrogen) atoms. The topological polar surface area (TPSA) is 71.1 Å². The third-order valence-electron chi connectivity index (χ3n) is 5.60. The molecule has 196 valence electrons. The summed E-state index contributed by atoms with van der Waals surface area (Å²) in [7, 11) is 0. The molecule has 1 fully saturated rings. The molecule has 2 aromatic carbocycles. The normalized spacial score (nSPS) is 16.4. The van der Waals surface area contributed by atoms with E-state index in [0.717, 1.165) is 11.6 Å². The quantitative estimate of drug-likeness (QED) is 0.538. The van der Waals surface area contributed by atoms with Gasteiger partial charge in [0.05, 0.1) is 11.6 Å². The number of alkyl halides is 3. The number of nitrogens with zero attached hydrogens (tertiary/aromatic N) is 2. The second-order valence-electron chi connectivity index (χ2n) is 9.57. The first-order valence-corrected chi connectivity index (χ1v) is 11.8. The first kappa shape index (κ1) is 27.2. The van der Waals surface area contributed by atoms with Gasteiger partial charge in [0.1, 0.15) is 12.2 Å². The zero-order valence-electron chi connectivity index (χ0n) is 20.7. The summed E-state index contributed by atoms with van der Waals surface area (Å²) in [5, 5.41) is 2.83. The van der Waals surface area contributed by atoms with Crippen molar-refractivity contribution in [1.82, 2.24) is 9.80 Å². The van der Waals surface area contributed by atoms with Gasteiger partial charge in [0.25, 0.3) is 0 Å². The summed E-state index contributed by atoms with van der Waals surface area (Å²) in [4.78, 5) is 28.6. The number of carbonyl (C=O) groups is 2. The molecule has 0 saturated carbocycles. The molecule has 0 aromatic heterocycles. The highest BCUT2D eigenvalue weighted by molar-refractivity contribution is 5.71. The Kier molecular flexibility index (Phi) is 8.70. The van der Waals surface area contributed by atoms with E-state index in [4.69, 9.17) is 9.47 Å². The van der Waals surface area contributed by atoms with Gasteiger partial charge in [-0.2, -0.15) is 13.2 Å². The van der Waals surface area contributed by atoms with E-state index in [2.05, 4.69) is 5.32 Å². The highest BCUT2D eigenvalue weighted by Gasteiger charge is 2.36. The predicted octanol–water partition coefficient (Wildman–Crippen LogP) is 5.77. The molecule has 1 saturated heterocycles. The van der Waals surface area contributed by atoms with Crippen LogP contribution in [-0.2, 0) is 22.3 Å². The van der Waals surface area contributed by atoms with E-state index >= 15 is 0 Å². The number of carbonyl (C=O) groups excluding carboxylic acids is 2. The van der Waals surface area contributed by atoms with Gasteiger partial charge in [0, 0.05) is 31.9 Å². The molecule has 3 rings (SSSR count). The second-order valence-corrected chi connectivity index (χ2v) is 9.57. The first-order chi connectivity index (χ1) is 16.9. The molecule has 0 unspecified atom stereocenters. The van der Waals surface area contributed by atoms with Crippen molar-refractivity contribution >= 4 is 17.9 Å². The summed E-state index contributed by atoms with van der Waals surface area (Å²) in [5.41, 5.74) is -0.660. The van der Waals surface area contributed by atoms with Crippen LogP contribution in [0.4, 0.5) is 28.4 Å². The molecule has 1 N–H and O–H groups in total. The van der Waals surface area contributed by atoms with Crippen LogP contribution in [-0.4, -0.2) is 59.8 Å². The number of benzene rings is 2. The standard InChI is InChI=1S/C26H32F3N3O4/c1-25(2,3)36-24(34)32-16-15-31(23(33)35-18-19-9-5-4-6-10-19)17-20(32)13-14-30-22-12-8-7-11-21(22)26(27,28)29/h4-12,20,30H,13-18H2,1-3H3/t20-/m1/s1. The Balaban J connectivity index is 1.66. The van der Waals surface area contributed by atoms with Crippen molar-refractivity contribution in [3.63, 3.8) is 0 Å². The van der Waals surface area contributed by atoms with Gasteiger partial charge in [-0.05, 0) is 44.9 Å². The van der Waals surface area contributed by atoms with E-state index in [-0.39, 0.29) is 38.5 Å². The molecule has 2 aromatic rings. The van der Waals surface area contributed by atoms with Crippen LogP contribution in [0.1, 0.15) is 38.3 Å². The molecular formula is C26H32F3N3O4. The van der Waals surface area contributed by atoms with Crippen LogP contribution < -0.4 is 5.32 Å². The summed E-state index contributed by atoms with van der Waals surface area (Å²) < 4.78 is 50.9. The van der Waals surface area contributed by atoms with Gasteiger partial charge in [0.2, 0.25) is 0 Å². The van der Waals surface area contributed by atoms with Crippen LogP contribution >= 0.6 is 0 Å². The van der Waals surface area contributed by atoms with Crippen LogP contribution in [0, 0.1) is 0 Å². The van der Waals surface area contributed by atoms with Crippen LogP contribution in [0.15, 0.2) is 54.6 Å². The Morgan fingerprint density at radius 3 is 2.31 bits per heavy atom. The maximum atomic E-state index is 13.3. The van der Waals surface area contributed by atoms with Crippen molar-refractivity contribution in [2.45, 2.75) is 51.6 Å². The van der Waals surface area contributed by atoms with Crippen LogP contribution in [0.2, 0.25) is 0 Å². The maximum absolute atomic E-state index is 13.3. The van der Waals surface area contributed by atoms with Crippen molar-refractivity contribution in [2.75, 3.05) is 31.5 Å². The van der Waals surface area contributed by atoms with Crippen LogP contribution in [0.25, 0.3) is 0 Å². The minimum absolute atomic E-state index is 0.0382. The number of nitrogens with one attached hydrogen (secondary N) is 1.